The molecule has 1 heterocycles. The van der Waals surface area contributed by atoms with Gasteiger partial charge in [-0.15, -0.1) is 0 Å². The van der Waals surface area contributed by atoms with E-state index in [4.69, 9.17) is 11.6 Å². The average Bonchev–Trinajstić information content (AvgIpc) is 2.27. The van der Waals surface area contributed by atoms with E-state index in [1.807, 2.05) is 13.8 Å². The van der Waals surface area contributed by atoms with Gasteiger partial charge in [0.2, 0.25) is 11.9 Å². The Bertz CT molecular complexity index is 425. The number of carbonyl (C=O) groups is 1. The number of carbonyl (C=O) groups excluding carboxylic acids is 1. The lowest BCUT2D eigenvalue weighted by Gasteiger charge is -2.24. The van der Waals surface area contributed by atoms with Crippen LogP contribution in [0, 0.1) is 11.7 Å². The van der Waals surface area contributed by atoms with Crippen LogP contribution in [-0.2, 0) is 4.79 Å². The van der Waals surface area contributed by atoms with E-state index in [1.165, 1.54) is 4.90 Å². The molecule has 0 spiro atoms. The zero-order chi connectivity index (χ0) is 13.7. The molecule has 0 radical (unpaired) electrons. The Hall–Kier alpha value is -1.96. The summed E-state index contributed by atoms with van der Waals surface area (Å²) >= 11 is 0. The summed E-state index contributed by atoms with van der Waals surface area (Å²) in [5, 5.41) is 0. The van der Waals surface area contributed by atoms with E-state index in [9.17, 15) is 9.18 Å². The van der Waals surface area contributed by atoms with Gasteiger partial charge in [-0.2, -0.15) is 4.98 Å². The van der Waals surface area contributed by atoms with Crippen LogP contribution >= 0.6 is 0 Å². The van der Waals surface area contributed by atoms with Gasteiger partial charge in [0.15, 0.2) is 11.6 Å². The fraction of sp³-hybridized carbons (Fsp3) is 0.500. The zero-order valence-electron chi connectivity index (χ0n) is 10.4. The van der Waals surface area contributed by atoms with Crippen LogP contribution in [0.3, 0.4) is 0 Å². The first-order valence-electron chi connectivity index (χ1n) is 5.46. The molecule has 1 aromatic heterocycles. The Morgan fingerprint density at radius 2 is 2.28 bits per heavy atom. The number of halogens is 1. The average molecular weight is 256 g/mol. The van der Waals surface area contributed by atoms with Gasteiger partial charge in [-0.1, -0.05) is 13.8 Å². The molecule has 0 saturated carbocycles. The van der Waals surface area contributed by atoms with Crippen molar-refractivity contribution in [2.45, 2.75) is 13.8 Å². The van der Waals surface area contributed by atoms with E-state index in [-0.39, 0.29) is 24.2 Å². The molecule has 18 heavy (non-hydrogen) atoms. The molecule has 0 fully saturated rings. The van der Waals surface area contributed by atoms with E-state index in [1.54, 1.807) is 0 Å². The summed E-state index contributed by atoms with van der Waals surface area (Å²) in [4.78, 5) is 20.0. The number of hydrazine groups is 1. The van der Waals surface area contributed by atoms with Crippen LogP contribution in [0.15, 0.2) is 6.20 Å². The third-order valence-electron chi connectivity index (χ3n) is 2.09. The normalized spacial score (nSPS) is 10.5. The molecule has 8 heteroatoms. The second-order valence-electron chi connectivity index (χ2n) is 4.25. The molecule has 5 N–H and O–H groups in total. The van der Waals surface area contributed by atoms with E-state index >= 15 is 0 Å². The molecule has 0 bridgehead atoms. The minimum atomic E-state index is -0.629. The maximum Gasteiger partial charge on any atom is 0.239 e. The van der Waals surface area contributed by atoms with Gasteiger partial charge in [0, 0.05) is 6.54 Å². The quantitative estimate of drug-likeness (QED) is 0.482. The van der Waals surface area contributed by atoms with Crippen molar-refractivity contribution in [2.24, 2.45) is 17.5 Å². The molecule has 0 unspecified atom stereocenters. The van der Waals surface area contributed by atoms with E-state index in [0.717, 1.165) is 6.20 Å². The number of amides is 1. The van der Waals surface area contributed by atoms with Gasteiger partial charge in [-0.25, -0.2) is 15.2 Å². The predicted octanol–water partition coefficient (Wildman–Crippen LogP) is -0.151. The summed E-state index contributed by atoms with van der Waals surface area (Å²) in [5.74, 6) is 4.27. The lowest BCUT2D eigenvalue weighted by atomic mass is 10.2. The SMILES string of the molecule is CC(C)CN(CC(N)=O)c1nc(NN)ncc1F. The molecule has 100 valence electrons. The highest BCUT2D eigenvalue weighted by Gasteiger charge is 2.17. The van der Waals surface area contributed by atoms with Gasteiger partial charge in [0.05, 0.1) is 12.7 Å². The van der Waals surface area contributed by atoms with Gasteiger partial charge in [-0.05, 0) is 5.92 Å². The van der Waals surface area contributed by atoms with Crippen molar-refractivity contribution in [3.8, 4) is 0 Å². The van der Waals surface area contributed by atoms with Crippen LogP contribution < -0.4 is 21.9 Å². The number of hydrogen-bond donors (Lipinski definition) is 3. The predicted molar refractivity (Wildman–Crippen MR) is 66.0 cm³/mol. The lowest BCUT2D eigenvalue weighted by Crippen LogP contribution is -2.37. The van der Waals surface area contributed by atoms with Crippen molar-refractivity contribution in [1.29, 1.82) is 0 Å². The molecule has 0 aliphatic rings. The highest BCUT2D eigenvalue weighted by molar-refractivity contribution is 5.79. The highest BCUT2D eigenvalue weighted by atomic mass is 19.1. The van der Waals surface area contributed by atoms with Crippen molar-refractivity contribution in [3.63, 3.8) is 0 Å². The first kappa shape index (κ1) is 14.1. The Balaban J connectivity index is 3.06. The first-order valence-corrected chi connectivity index (χ1v) is 5.46. The molecule has 0 aliphatic carbocycles. The molecule has 7 nitrogen and oxygen atoms in total. The van der Waals surface area contributed by atoms with Gasteiger partial charge in [0.25, 0.3) is 0 Å². The van der Waals surface area contributed by atoms with Crippen molar-refractivity contribution >= 4 is 17.7 Å². The van der Waals surface area contributed by atoms with E-state index in [2.05, 4.69) is 15.4 Å². The largest absolute Gasteiger partial charge is 0.368 e. The monoisotopic (exact) mass is 256 g/mol. The number of aromatic nitrogens is 2. The third-order valence-corrected chi connectivity index (χ3v) is 2.09. The first-order chi connectivity index (χ1) is 8.43. The molecule has 1 amide bonds. The van der Waals surface area contributed by atoms with E-state index < -0.39 is 11.7 Å². The van der Waals surface area contributed by atoms with Crippen LogP contribution in [0.2, 0.25) is 0 Å². The summed E-state index contributed by atoms with van der Waals surface area (Å²) < 4.78 is 13.7. The summed E-state index contributed by atoms with van der Waals surface area (Å²) in [5.41, 5.74) is 7.36. The summed E-state index contributed by atoms with van der Waals surface area (Å²) in [6, 6.07) is 0. The minimum absolute atomic E-state index is 0.00505. The van der Waals surface area contributed by atoms with Crippen LogP contribution in [0.5, 0.6) is 0 Å². The third kappa shape index (κ3) is 3.81. The number of nitrogens with two attached hydrogens (primary N) is 2. The lowest BCUT2D eigenvalue weighted by molar-refractivity contribution is -0.116. The Kier molecular flexibility index (Phi) is 4.78. The summed E-state index contributed by atoms with van der Waals surface area (Å²) in [6.45, 7) is 4.21. The van der Waals surface area contributed by atoms with Gasteiger partial charge in [-0.3, -0.25) is 10.2 Å². The van der Waals surface area contributed by atoms with Crippen LogP contribution in [0.4, 0.5) is 16.2 Å². The second-order valence-corrected chi connectivity index (χ2v) is 4.25. The number of rotatable bonds is 6. The molecule has 1 aromatic rings. The van der Waals surface area contributed by atoms with Gasteiger partial charge in [0.1, 0.15) is 0 Å². The Morgan fingerprint density at radius 3 is 2.78 bits per heavy atom. The molecule has 0 aromatic carbocycles. The number of hydrogen-bond acceptors (Lipinski definition) is 6. The summed E-state index contributed by atoms with van der Waals surface area (Å²) in [6.07, 6.45) is 0.992. The maximum atomic E-state index is 13.7. The molecular formula is C10H17FN6O. The Labute approximate surface area is 104 Å². The van der Waals surface area contributed by atoms with Gasteiger partial charge >= 0.3 is 0 Å². The highest BCUT2D eigenvalue weighted by Crippen LogP contribution is 2.18. The van der Waals surface area contributed by atoms with E-state index in [0.29, 0.717) is 6.54 Å². The Morgan fingerprint density at radius 1 is 1.61 bits per heavy atom. The number of primary amides is 1. The molecule has 0 saturated heterocycles. The second kappa shape index (κ2) is 6.10. The number of nitrogens with one attached hydrogen (secondary N) is 1. The number of anilines is 2. The standard InChI is InChI=1S/C10H17FN6O/c1-6(2)4-17(5-8(12)18)9-7(11)3-14-10(15-9)16-13/h3,6H,4-5,13H2,1-2H3,(H2,12,18)(H,14,15,16). The van der Waals surface area contributed by atoms with Crippen LogP contribution in [-0.4, -0.2) is 29.0 Å². The minimum Gasteiger partial charge on any atom is -0.368 e. The van der Waals surface area contributed by atoms with Crippen molar-refractivity contribution < 1.29 is 9.18 Å². The van der Waals surface area contributed by atoms with Crippen molar-refractivity contribution in [2.75, 3.05) is 23.4 Å². The zero-order valence-corrected chi connectivity index (χ0v) is 10.4. The summed E-state index contributed by atoms with van der Waals surface area (Å²) in [7, 11) is 0. The fourth-order valence-electron chi connectivity index (χ4n) is 1.50. The van der Waals surface area contributed by atoms with Crippen LogP contribution in [0.25, 0.3) is 0 Å². The number of nitrogens with zero attached hydrogens (tertiary/aromatic N) is 3. The fourth-order valence-corrected chi connectivity index (χ4v) is 1.50. The molecule has 0 atom stereocenters. The number of nitrogen functional groups attached to an aromatic ring is 1. The molecular weight excluding hydrogens is 239 g/mol. The molecule has 0 aliphatic heterocycles. The molecule has 1 rings (SSSR count). The van der Waals surface area contributed by atoms with Crippen molar-refractivity contribution in [1.82, 2.24) is 9.97 Å². The maximum absolute atomic E-state index is 13.7. The van der Waals surface area contributed by atoms with Gasteiger partial charge < -0.3 is 10.6 Å². The smallest absolute Gasteiger partial charge is 0.239 e. The van der Waals surface area contributed by atoms with Crippen molar-refractivity contribution in [3.05, 3.63) is 12.0 Å². The van der Waals surface area contributed by atoms with Crippen LogP contribution in [0.1, 0.15) is 13.8 Å². The topological polar surface area (TPSA) is 110 Å².